The van der Waals surface area contributed by atoms with Gasteiger partial charge in [-0.15, -0.1) is 0 Å². The van der Waals surface area contributed by atoms with Gasteiger partial charge in [-0.2, -0.15) is 4.99 Å². The van der Waals surface area contributed by atoms with Crippen LogP contribution in [0.15, 0.2) is 52.4 Å². The standard InChI is InChI=1S/C16H16N4/c1-10-8-13-14(9-11(10)2)19-16(17)20-15(18-13)12-6-4-3-5-7-12/h3-9H,1-2H3,(H3,17,18,19,20). The zero-order chi connectivity index (χ0) is 14.1. The fourth-order valence-electron chi connectivity index (χ4n) is 2.14. The van der Waals surface area contributed by atoms with Crippen molar-refractivity contribution in [3.63, 3.8) is 0 Å². The summed E-state index contributed by atoms with van der Waals surface area (Å²) in [6.45, 7) is 4.14. The number of hydrogen-bond acceptors (Lipinski definition) is 4. The van der Waals surface area contributed by atoms with Gasteiger partial charge in [0.1, 0.15) is 5.84 Å². The van der Waals surface area contributed by atoms with Gasteiger partial charge in [-0.25, -0.2) is 4.99 Å². The van der Waals surface area contributed by atoms with Crippen LogP contribution >= 0.6 is 0 Å². The summed E-state index contributed by atoms with van der Waals surface area (Å²) in [5.74, 6) is 0.979. The molecule has 2 aromatic carbocycles. The first kappa shape index (κ1) is 12.4. The van der Waals surface area contributed by atoms with Gasteiger partial charge < -0.3 is 11.1 Å². The summed E-state index contributed by atoms with van der Waals surface area (Å²) < 4.78 is 0. The molecule has 0 spiro atoms. The van der Waals surface area contributed by atoms with Crippen molar-refractivity contribution in [2.75, 3.05) is 5.32 Å². The van der Waals surface area contributed by atoms with Crippen molar-refractivity contribution in [2.45, 2.75) is 13.8 Å². The molecule has 1 heterocycles. The minimum Gasteiger partial charge on any atom is -0.368 e. The van der Waals surface area contributed by atoms with E-state index in [9.17, 15) is 0 Å². The lowest BCUT2D eigenvalue weighted by atomic mass is 10.1. The Morgan fingerprint density at radius 3 is 2.40 bits per heavy atom. The molecule has 2 aromatic rings. The second-order valence-electron chi connectivity index (χ2n) is 4.88. The number of nitrogens with two attached hydrogens (primary N) is 1. The van der Waals surface area contributed by atoms with E-state index in [4.69, 9.17) is 5.73 Å². The number of hydrogen-bond donors (Lipinski definition) is 2. The van der Waals surface area contributed by atoms with E-state index in [1.807, 2.05) is 36.4 Å². The molecular weight excluding hydrogens is 248 g/mol. The van der Waals surface area contributed by atoms with Crippen molar-refractivity contribution >= 4 is 23.2 Å². The van der Waals surface area contributed by atoms with Crippen molar-refractivity contribution in [3.05, 3.63) is 59.2 Å². The molecule has 0 saturated carbocycles. The Kier molecular flexibility index (Phi) is 2.99. The van der Waals surface area contributed by atoms with E-state index in [1.165, 1.54) is 11.1 Å². The third-order valence-electron chi connectivity index (χ3n) is 3.37. The van der Waals surface area contributed by atoms with Gasteiger partial charge in [-0.3, -0.25) is 0 Å². The van der Waals surface area contributed by atoms with Gasteiger partial charge in [-0.05, 0) is 37.1 Å². The van der Waals surface area contributed by atoms with E-state index in [2.05, 4.69) is 35.2 Å². The number of fused-ring (bicyclic) bond motifs is 1. The maximum Gasteiger partial charge on any atom is 0.222 e. The molecule has 0 atom stereocenters. The summed E-state index contributed by atoms with van der Waals surface area (Å²) in [5, 5.41) is 3.33. The second kappa shape index (κ2) is 4.81. The summed E-state index contributed by atoms with van der Waals surface area (Å²) >= 11 is 0. The van der Waals surface area contributed by atoms with Crippen LogP contribution in [0.2, 0.25) is 0 Å². The molecule has 0 aliphatic carbocycles. The maximum atomic E-state index is 5.89. The summed E-state index contributed by atoms with van der Waals surface area (Å²) in [4.78, 5) is 8.72. The molecular formula is C16H16N4. The number of rotatable bonds is 1. The number of anilines is 1. The van der Waals surface area contributed by atoms with Gasteiger partial charge in [0.25, 0.3) is 0 Å². The predicted molar refractivity (Wildman–Crippen MR) is 83.8 cm³/mol. The smallest absolute Gasteiger partial charge is 0.222 e. The van der Waals surface area contributed by atoms with E-state index in [0.29, 0.717) is 5.84 Å². The van der Waals surface area contributed by atoms with Crippen LogP contribution in [0.3, 0.4) is 0 Å². The largest absolute Gasteiger partial charge is 0.368 e. The molecule has 0 amide bonds. The zero-order valence-electron chi connectivity index (χ0n) is 11.5. The highest BCUT2D eigenvalue weighted by molar-refractivity contribution is 6.15. The van der Waals surface area contributed by atoms with Crippen molar-refractivity contribution in [1.29, 1.82) is 0 Å². The molecule has 0 unspecified atom stereocenters. The molecule has 1 aliphatic heterocycles. The Balaban J connectivity index is 2.10. The number of aryl methyl sites for hydroxylation is 2. The van der Waals surface area contributed by atoms with Crippen LogP contribution in [0.25, 0.3) is 0 Å². The Morgan fingerprint density at radius 2 is 1.65 bits per heavy atom. The Hall–Kier alpha value is -2.62. The molecule has 20 heavy (non-hydrogen) atoms. The first-order valence-corrected chi connectivity index (χ1v) is 6.50. The SMILES string of the molecule is Cc1cc2c(cc1C)NC(c1ccccc1)=NC(N)=N2. The lowest BCUT2D eigenvalue weighted by molar-refractivity contribution is 1.32. The lowest BCUT2D eigenvalue weighted by Crippen LogP contribution is -2.17. The number of nitrogens with one attached hydrogen (secondary N) is 1. The molecule has 0 fully saturated rings. The average Bonchev–Trinajstić information content (AvgIpc) is 2.59. The van der Waals surface area contributed by atoms with Gasteiger partial charge in [0.05, 0.1) is 11.4 Å². The zero-order valence-corrected chi connectivity index (χ0v) is 11.5. The molecule has 3 rings (SSSR count). The van der Waals surface area contributed by atoms with E-state index < -0.39 is 0 Å². The summed E-state index contributed by atoms with van der Waals surface area (Å²) in [7, 11) is 0. The van der Waals surface area contributed by atoms with Crippen LogP contribution in [0.1, 0.15) is 16.7 Å². The average molecular weight is 264 g/mol. The van der Waals surface area contributed by atoms with Crippen LogP contribution < -0.4 is 11.1 Å². The van der Waals surface area contributed by atoms with Crippen molar-refractivity contribution in [2.24, 2.45) is 15.7 Å². The van der Waals surface area contributed by atoms with Crippen LogP contribution in [-0.4, -0.2) is 11.8 Å². The van der Waals surface area contributed by atoms with Crippen LogP contribution in [0, 0.1) is 13.8 Å². The van der Waals surface area contributed by atoms with E-state index >= 15 is 0 Å². The molecule has 4 heteroatoms. The minimum atomic E-state index is 0.262. The first-order chi connectivity index (χ1) is 9.63. The monoisotopic (exact) mass is 264 g/mol. The Labute approximate surface area is 118 Å². The second-order valence-corrected chi connectivity index (χ2v) is 4.88. The maximum absolute atomic E-state index is 5.89. The first-order valence-electron chi connectivity index (χ1n) is 6.50. The van der Waals surface area contributed by atoms with E-state index in [-0.39, 0.29) is 5.96 Å². The highest BCUT2D eigenvalue weighted by atomic mass is 15.1. The normalized spacial score (nSPS) is 13.7. The number of nitrogens with zero attached hydrogens (tertiary/aromatic N) is 2. The molecule has 1 aliphatic rings. The Bertz CT molecular complexity index is 715. The quantitative estimate of drug-likeness (QED) is 0.831. The van der Waals surface area contributed by atoms with Crippen LogP contribution in [0.5, 0.6) is 0 Å². The number of aliphatic imine (C=N–C) groups is 2. The van der Waals surface area contributed by atoms with Gasteiger partial charge in [0.2, 0.25) is 5.96 Å². The van der Waals surface area contributed by atoms with Crippen molar-refractivity contribution in [1.82, 2.24) is 0 Å². The molecule has 3 N–H and O–H groups in total. The van der Waals surface area contributed by atoms with Crippen LogP contribution in [0.4, 0.5) is 11.4 Å². The third-order valence-corrected chi connectivity index (χ3v) is 3.37. The molecule has 0 radical (unpaired) electrons. The van der Waals surface area contributed by atoms with Crippen molar-refractivity contribution in [3.8, 4) is 0 Å². The number of guanidine groups is 1. The Morgan fingerprint density at radius 1 is 0.950 bits per heavy atom. The van der Waals surface area contributed by atoms with Gasteiger partial charge in [0, 0.05) is 5.56 Å². The number of amidine groups is 1. The highest BCUT2D eigenvalue weighted by Crippen LogP contribution is 2.30. The number of benzene rings is 2. The molecule has 0 bridgehead atoms. The summed E-state index contributed by atoms with van der Waals surface area (Å²) in [6.07, 6.45) is 0. The summed E-state index contributed by atoms with van der Waals surface area (Å²) in [6, 6.07) is 14.0. The predicted octanol–water partition coefficient (Wildman–Crippen LogP) is 3.12. The van der Waals surface area contributed by atoms with Crippen molar-refractivity contribution < 1.29 is 0 Å². The molecule has 100 valence electrons. The van der Waals surface area contributed by atoms with E-state index in [0.717, 1.165) is 16.9 Å². The summed E-state index contributed by atoms with van der Waals surface area (Å²) in [5.41, 5.74) is 11.0. The van der Waals surface area contributed by atoms with E-state index in [1.54, 1.807) is 0 Å². The minimum absolute atomic E-state index is 0.262. The highest BCUT2D eigenvalue weighted by Gasteiger charge is 2.13. The third kappa shape index (κ3) is 2.28. The van der Waals surface area contributed by atoms with Gasteiger partial charge in [-0.1, -0.05) is 30.3 Å². The van der Waals surface area contributed by atoms with Gasteiger partial charge >= 0.3 is 0 Å². The lowest BCUT2D eigenvalue weighted by Gasteiger charge is -2.11. The molecule has 4 nitrogen and oxygen atoms in total. The van der Waals surface area contributed by atoms with Gasteiger partial charge in [0.15, 0.2) is 0 Å². The molecule has 0 aromatic heterocycles. The fourth-order valence-corrected chi connectivity index (χ4v) is 2.14. The molecule has 0 saturated heterocycles. The fraction of sp³-hybridized carbons (Fsp3) is 0.125. The van der Waals surface area contributed by atoms with Crippen LogP contribution in [-0.2, 0) is 0 Å². The topological polar surface area (TPSA) is 62.8 Å².